The van der Waals surface area contributed by atoms with Gasteiger partial charge in [0.1, 0.15) is 5.75 Å². The lowest BCUT2D eigenvalue weighted by molar-refractivity contribution is 0.153. The summed E-state index contributed by atoms with van der Waals surface area (Å²) in [6, 6.07) is 3.81. The molecule has 4 heteroatoms. The number of benzene rings is 1. The Balaban J connectivity index is 2.21. The number of nitrogens with two attached hydrogens (primary N) is 1. The van der Waals surface area contributed by atoms with Crippen molar-refractivity contribution in [2.24, 2.45) is 10.9 Å². The number of hydrogen-bond acceptors (Lipinski definition) is 3. The van der Waals surface area contributed by atoms with E-state index in [1.54, 1.807) is 0 Å². The first-order chi connectivity index (χ1) is 9.11. The molecule has 0 amide bonds. The first-order valence-electron chi connectivity index (χ1n) is 6.87. The second kappa shape index (κ2) is 5.95. The second-order valence-electron chi connectivity index (χ2n) is 5.30. The molecule has 0 spiro atoms. The largest absolute Gasteiger partial charge is 0.490 e. The first kappa shape index (κ1) is 13.7. The molecule has 0 atom stereocenters. The van der Waals surface area contributed by atoms with E-state index in [4.69, 9.17) is 15.7 Å². The fourth-order valence-corrected chi connectivity index (χ4v) is 2.69. The number of aryl methyl sites for hydroxylation is 2. The summed E-state index contributed by atoms with van der Waals surface area (Å²) >= 11 is 0. The van der Waals surface area contributed by atoms with E-state index < -0.39 is 0 Å². The molecule has 1 aromatic carbocycles. The van der Waals surface area contributed by atoms with Crippen molar-refractivity contribution < 1.29 is 9.94 Å². The van der Waals surface area contributed by atoms with Gasteiger partial charge in [-0.15, -0.1) is 0 Å². The van der Waals surface area contributed by atoms with Gasteiger partial charge in [0, 0.05) is 5.56 Å². The molecule has 0 aliphatic heterocycles. The fraction of sp³-hybridized carbons (Fsp3) is 0.533. The van der Waals surface area contributed by atoms with Crippen LogP contribution in [-0.4, -0.2) is 17.1 Å². The number of amidine groups is 1. The summed E-state index contributed by atoms with van der Waals surface area (Å²) in [4.78, 5) is 0. The van der Waals surface area contributed by atoms with Crippen LogP contribution in [0, 0.1) is 13.8 Å². The van der Waals surface area contributed by atoms with Crippen molar-refractivity contribution in [1.82, 2.24) is 0 Å². The number of rotatable bonds is 3. The van der Waals surface area contributed by atoms with Crippen molar-refractivity contribution in [3.05, 3.63) is 28.8 Å². The average molecular weight is 262 g/mol. The molecule has 0 radical (unpaired) electrons. The normalized spacial score (nSPS) is 17.5. The molecule has 0 aromatic heterocycles. The standard InChI is InChI=1S/C15H22N2O2/c1-10-8-12(15(16)17-18)9-11(2)14(10)19-13-6-4-3-5-7-13/h8-9,13,18H,3-7H2,1-2H3,(H2,16,17). The molecule has 1 aliphatic rings. The highest BCUT2D eigenvalue weighted by molar-refractivity contribution is 5.97. The van der Waals surface area contributed by atoms with E-state index in [1.807, 2.05) is 26.0 Å². The molecule has 104 valence electrons. The van der Waals surface area contributed by atoms with E-state index in [-0.39, 0.29) is 5.84 Å². The third-order valence-electron chi connectivity index (χ3n) is 3.70. The van der Waals surface area contributed by atoms with Crippen molar-refractivity contribution in [1.29, 1.82) is 0 Å². The minimum Gasteiger partial charge on any atom is -0.490 e. The SMILES string of the molecule is Cc1cc(C(N)=NO)cc(C)c1OC1CCCCC1. The zero-order valence-electron chi connectivity index (χ0n) is 11.6. The lowest BCUT2D eigenvalue weighted by Gasteiger charge is -2.25. The molecular weight excluding hydrogens is 240 g/mol. The molecule has 0 heterocycles. The van der Waals surface area contributed by atoms with Crippen molar-refractivity contribution >= 4 is 5.84 Å². The van der Waals surface area contributed by atoms with Crippen molar-refractivity contribution in [3.63, 3.8) is 0 Å². The van der Waals surface area contributed by atoms with Gasteiger partial charge in [0.15, 0.2) is 5.84 Å². The Morgan fingerprint density at radius 2 is 1.79 bits per heavy atom. The Hall–Kier alpha value is -1.71. The first-order valence-corrected chi connectivity index (χ1v) is 6.87. The van der Waals surface area contributed by atoms with Gasteiger partial charge in [0.2, 0.25) is 0 Å². The maximum atomic E-state index is 8.73. The van der Waals surface area contributed by atoms with Crippen LogP contribution in [0.1, 0.15) is 48.8 Å². The summed E-state index contributed by atoms with van der Waals surface area (Å²) in [5, 5.41) is 11.8. The van der Waals surface area contributed by atoms with Gasteiger partial charge < -0.3 is 15.7 Å². The van der Waals surface area contributed by atoms with Crippen LogP contribution >= 0.6 is 0 Å². The van der Waals surface area contributed by atoms with Crippen LogP contribution in [0.5, 0.6) is 5.75 Å². The van der Waals surface area contributed by atoms with E-state index in [2.05, 4.69) is 5.16 Å². The minimum absolute atomic E-state index is 0.135. The summed E-state index contributed by atoms with van der Waals surface area (Å²) in [5.74, 6) is 1.08. The highest BCUT2D eigenvalue weighted by atomic mass is 16.5. The lowest BCUT2D eigenvalue weighted by atomic mass is 9.97. The average Bonchev–Trinajstić information content (AvgIpc) is 2.43. The highest BCUT2D eigenvalue weighted by Gasteiger charge is 2.17. The van der Waals surface area contributed by atoms with Gasteiger partial charge in [-0.2, -0.15) is 0 Å². The van der Waals surface area contributed by atoms with Gasteiger partial charge in [-0.1, -0.05) is 11.6 Å². The van der Waals surface area contributed by atoms with Gasteiger partial charge in [-0.25, -0.2) is 0 Å². The van der Waals surface area contributed by atoms with Crippen LogP contribution < -0.4 is 10.5 Å². The molecule has 1 aliphatic carbocycles. The van der Waals surface area contributed by atoms with Crippen LogP contribution in [0.25, 0.3) is 0 Å². The van der Waals surface area contributed by atoms with E-state index in [0.29, 0.717) is 6.10 Å². The molecule has 0 bridgehead atoms. The topological polar surface area (TPSA) is 67.8 Å². The Morgan fingerprint density at radius 1 is 1.21 bits per heavy atom. The molecule has 1 fully saturated rings. The fourth-order valence-electron chi connectivity index (χ4n) is 2.69. The molecule has 3 N–H and O–H groups in total. The van der Waals surface area contributed by atoms with Crippen molar-refractivity contribution in [2.75, 3.05) is 0 Å². The second-order valence-corrected chi connectivity index (χ2v) is 5.30. The lowest BCUT2D eigenvalue weighted by Crippen LogP contribution is -2.21. The Morgan fingerprint density at radius 3 is 2.32 bits per heavy atom. The van der Waals surface area contributed by atoms with E-state index in [9.17, 15) is 0 Å². The van der Waals surface area contributed by atoms with Gasteiger partial charge in [0.25, 0.3) is 0 Å². The third kappa shape index (κ3) is 3.19. The Kier molecular flexibility index (Phi) is 4.30. The van der Waals surface area contributed by atoms with Crippen LogP contribution in [0.15, 0.2) is 17.3 Å². The maximum Gasteiger partial charge on any atom is 0.170 e. The van der Waals surface area contributed by atoms with Gasteiger partial charge in [0.05, 0.1) is 6.10 Å². The van der Waals surface area contributed by atoms with Crippen LogP contribution in [-0.2, 0) is 0 Å². The zero-order chi connectivity index (χ0) is 13.8. The van der Waals surface area contributed by atoms with Gasteiger partial charge in [-0.3, -0.25) is 0 Å². The number of nitrogens with zero attached hydrogens (tertiary/aromatic N) is 1. The summed E-state index contributed by atoms with van der Waals surface area (Å²) in [5.41, 5.74) is 8.42. The number of ether oxygens (including phenoxy) is 1. The van der Waals surface area contributed by atoms with Crippen molar-refractivity contribution in [2.45, 2.75) is 52.1 Å². The molecule has 2 rings (SSSR count). The van der Waals surface area contributed by atoms with E-state index in [0.717, 1.165) is 35.3 Å². The van der Waals surface area contributed by atoms with Crippen LogP contribution in [0.4, 0.5) is 0 Å². The van der Waals surface area contributed by atoms with E-state index in [1.165, 1.54) is 19.3 Å². The molecule has 4 nitrogen and oxygen atoms in total. The number of oxime groups is 1. The highest BCUT2D eigenvalue weighted by Crippen LogP contribution is 2.29. The van der Waals surface area contributed by atoms with E-state index >= 15 is 0 Å². The quantitative estimate of drug-likeness (QED) is 0.380. The zero-order valence-corrected chi connectivity index (χ0v) is 11.6. The van der Waals surface area contributed by atoms with Crippen LogP contribution in [0.3, 0.4) is 0 Å². The molecule has 0 saturated heterocycles. The van der Waals surface area contributed by atoms with Crippen molar-refractivity contribution in [3.8, 4) is 5.75 Å². The summed E-state index contributed by atoms with van der Waals surface area (Å²) < 4.78 is 6.14. The predicted molar refractivity (Wildman–Crippen MR) is 75.9 cm³/mol. The maximum absolute atomic E-state index is 8.73. The molecule has 19 heavy (non-hydrogen) atoms. The molecule has 1 aromatic rings. The van der Waals surface area contributed by atoms with Crippen LogP contribution in [0.2, 0.25) is 0 Å². The summed E-state index contributed by atoms with van der Waals surface area (Å²) in [6.07, 6.45) is 6.44. The molecule has 1 saturated carbocycles. The third-order valence-corrected chi connectivity index (χ3v) is 3.70. The minimum atomic E-state index is 0.135. The summed E-state index contributed by atoms with van der Waals surface area (Å²) in [6.45, 7) is 4.00. The Bertz CT molecular complexity index is 454. The molecule has 0 unspecified atom stereocenters. The summed E-state index contributed by atoms with van der Waals surface area (Å²) in [7, 11) is 0. The van der Waals surface area contributed by atoms with Gasteiger partial charge >= 0.3 is 0 Å². The smallest absolute Gasteiger partial charge is 0.170 e. The monoisotopic (exact) mass is 262 g/mol. The predicted octanol–water partition coefficient (Wildman–Crippen LogP) is 3.11. The van der Waals surface area contributed by atoms with Gasteiger partial charge in [-0.05, 0) is 62.8 Å². The molecular formula is C15H22N2O2. The number of hydrogen-bond donors (Lipinski definition) is 2. The Labute approximate surface area is 114 Å².